The molecule has 0 saturated carbocycles. The third kappa shape index (κ3) is 4.85. The molecular weight excluding hydrogens is 398 g/mol. The lowest BCUT2D eigenvalue weighted by Gasteiger charge is -2.39. The summed E-state index contributed by atoms with van der Waals surface area (Å²) in [6.07, 6.45) is 4.14. The monoisotopic (exact) mass is 425 g/mol. The summed E-state index contributed by atoms with van der Waals surface area (Å²) in [4.78, 5) is 30.2. The second kappa shape index (κ2) is 9.63. The molecule has 0 radical (unpaired) electrons. The summed E-state index contributed by atoms with van der Waals surface area (Å²) in [6, 6.07) is 15.2. The van der Waals surface area contributed by atoms with Gasteiger partial charge in [0.15, 0.2) is 0 Å². The summed E-state index contributed by atoms with van der Waals surface area (Å²) < 4.78 is 0. The summed E-state index contributed by atoms with van der Waals surface area (Å²) in [5.74, 6) is 0.0512. The Bertz CT molecular complexity index is 911. The van der Waals surface area contributed by atoms with Gasteiger partial charge < -0.3 is 10.2 Å². The molecule has 158 valence electrons. The second-order valence-electron chi connectivity index (χ2n) is 8.11. The van der Waals surface area contributed by atoms with Gasteiger partial charge in [-0.1, -0.05) is 48.0 Å². The first-order chi connectivity index (χ1) is 14.6. The molecular formula is C24H28ClN3O2. The van der Waals surface area contributed by atoms with Gasteiger partial charge in [0.2, 0.25) is 11.8 Å². The fourth-order valence-electron chi connectivity index (χ4n) is 4.45. The lowest BCUT2D eigenvalue weighted by molar-refractivity contribution is -0.139. The minimum Gasteiger partial charge on any atom is -0.351 e. The maximum atomic E-state index is 13.5. The van der Waals surface area contributed by atoms with E-state index in [1.165, 1.54) is 12.0 Å². The van der Waals surface area contributed by atoms with Crippen LogP contribution in [0.3, 0.4) is 0 Å². The number of likely N-dealkylation sites (tertiary alicyclic amines) is 1. The zero-order valence-corrected chi connectivity index (χ0v) is 17.9. The van der Waals surface area contributed by atoms with E-state index in [4.69, 9.17) is 11.6 Å². The summed E-state index contributed by atoms with van der Waals surface area (Å²) in [7, 11) is 0. The molecule has 4 rings (SSSR count). The summed E-state index contributed by atoms with van der Waals surface area (Å²) in [6.45, 7) is 2.96. The van der Waals surface area contributed by atoms with Gasteiger partial charge >= 0.3 is 0 Å². The molecule has 0 aromatic heterocycles. The van der Waals surface area contributed by atoms with Crippen molar-refractivity contribution in [1.82, 2.24) is 15.1 Å². The Hall–Kier alpha value is -2.37. The van der Waals surface area contributed by atoms with Gasteiger partial charge in [-0.15, -0.1) is 0 Å². The molecule has 0 spiro atoms. The SMILES string of the molecule is O=C(CN1CCc2ccccc2[C@H]1C(=O)N1CCCCC1)NCc1cccc(Cl)c1. The maximum Gasteiger partial charge on any atom is 0.244 e. The molecule has 0 bridgehead atoms. The lowest BCUT2D eigenvalue weighted by atomic mass is 9.91. The van der Waals surface area contributed by atoms with Crippen LogP contribution in [0.25, 0.3) is 0 Å². The Morgan fingerprint density at radius 2 is 1.80 bits per heavy atom. The van der Waals surface area contributed by atoms with Gasteiger partial charge in [-0.3, -0.25) is 14.5 Å². The highest BCUT2D eigenvalue weighted by molar-refractivity contribution is 6.30. The van der Waals surface area contributed by atoms with Crippen LogP contribution < -0.4 is 5.32 Å². The number of carbonyl (C=O) groups is 2. The van der Waals surface area contributed by atoms with Crippen molar-refractivity contribution in [1.29, 1.82) is 0 Å². The maximum absolute atomic E-state index is 13.5. The average Bonchev–Trinajstić information content (AvgIpc) is 2.78. The average molecular weight is 426 g/mol. The van der Waals surface area contributed by atoms with E-state index in [2.05, 4.69) is 11.4 Å². The van der Waals surface area contributed by atoms with E-state index >= 15 is 0 Å². The summed E-state index contributed by atoms with van der Waals surface area (Å²) in [5, 5.41) is 3.63. The summed E-state index contributed by atoms with van der Waals surface area (Å²) >= 11 is 6.03. The number of amides is 2. The van der Waals surface area contributed by atoms with Crippen LogP contribution in [0.1, 0.15) is 42.0 Å². The number of nitrogens with zero attached hydrogens (tertiary/aromatic N) is 2. The van der Waals surface area contributed by atoms with Gasteiger partial charge in [-0.05, 0) is 54.5 Å². The van der Waals surface area contributed by atoms with E-state index in [0.717, 1.165) is 43.5 Å². The fourth-order valence-corrected chi connectivity index (χ4v) is 4.67. The minimum absolute atomic E-state index is 0.0780. The molecule has 2 heterocycles. The number of benzene rings is 2. The Kier molecular flexibility index (Phi) is 6.70. The Balaban J connectivity index is 1.47. The smallest absolute Gasteiger partial charge is 0.244 e. The van der Waals surface area contributed by atoms with Crippen molar-refractivity contribution in [2.45, 2.75) is 38.3 Å². The van der Waals surface area contributed by atoms with Crippen LogP contribution >= 0.6 is 11.6 Å². The Morgan fingerprint density at radius 3 is 2.60 bits per heavy atom. The Labute approximate surface area is 183 Å². The van der Waals surface area contributed by atoms with E-state index in [-0.39, 0.29) is 24.4 Å². The molecule has 5 nitrogen and oxygen atoms in total. The number of carbonyl (C=O) groups excluding carboxylic acids is 2. The zero-order valence-electron chi connectivity index (χ0n) is 17.1. The third-order valence-corrected chi connectivity index (χ3v) is 6.25. The van der Waals surface area contributed by atoms with Crippen LogP contribution in [0.2, 0.25) is 5.02 Å². The number of nitrogens with one attached hydrogen (secondary N) is 1. The predicted molar refractivity (Wildman–Crippen MR) is 118 cm³/mol. The van der Waals surface area contributed by atoms with Crippen LogP contribution in [-0.2, 0) is 22.6 Å². The van der Waals surface area contributed by atoms with Gasteiger partial charge in [-0.2, -0.15) is 0 Å². The highest BCUT2D eigenvalue weighted by Crippen LogP contribution is 2.32. The third-order valence-electron chi connectivity index (χ3n) is 6.01. The van der Waals surface area contributed by atoms with Crippen LogP contribution in [0.5, 0.6) is 0 Å². The molecule has 0 aliphatic carbocycles. The fraction of sp³-hybridized carbons (Fsp3) is 0.417. The van der Waals surface area contributed by atoms with Gasteiger partial charge in [-0.25, -0.2) is 0 Å². The molecule has 30 heavy (non-hydrogen) atoms. The predicted octanol–water partition coefficient (Wildman–Crippen LogP) is 3.57. The normalized spacial score (nSPS) is 19.2. The molecule has 1 fully saturated rings. The largest absolute Gasteiger partial charge is 0.351 e. The molecule has 2 aromatic rings. The highest BCUT2D eigenvalue weighted by atomic mass is 35.5. The first-order valence-corrected chi connectivity index (χ1v) is 11.1. The number of halogens is 1. The van der Waals surface area contributed by atoms with Gasteiger partial charge in [0.1, 0.15) is 6.04 Å². The molecule has 1 saturated heterocycles. The van der Waals surface area contributed by atoms with Crippen LogP contribution in [0, 0.1) is 0 Å². The van der Waals surface area contributed by atoms with E-state index in [1.807, 2.05) is 52.3 Å². The van der Waals surface area contributed by atoms with Crippen LogP contribution in [0.4, 0.5) is 0 Å². The molecule has 1 N–H and O–H groups in total. The van der Waals surface area contributed by atoms with Crippen molar-refractivity contribution >= 4 is 23.4 Å². The number of hydrogen-bond donors (Lipinski definition) is 1. The zero-order chi connectivity index (χ0) is 20.9. The van der Waals surface area contributed by atoms with Crippen molar-refractivity contribution in [2.24, 2.45) is 0 Å². The molecule has 2 aliphatic heterocycles. The van der Waals surface area contributed by atoms with Crippen molar-refractivity contribution < 1.29 is 9.59 Å². The Morgan fingerprint density at radius 1 is 1.00 bits per heavy atom. The van der Waals surface area contributed by atoms with E-state index < -0.39 is 0 Å². The number of fused-ring (bicyclic) bond motifs is 1. The van der Waals surface area contributed by atoms with Crippen molar-refractivity contribution in [3.8, 4) is 0 Å². The molecule has 6 heteroatoms. The molecule has 1 atom stereocenters. The molecule has 0 unspecified atom stereocenters. The van der Waals surface area contributed by atoms with E-state index in [9.17, 15) is 9.59 Å². The van der Waals surface area contributed by atoms with Crippen molar-refractivity contribution in [3.63, 3.8) is 0 Å². The first-order valence-electron chi connectivity index (χ1n) is 10.7. The van der Waals surface area contributed by atoms with E-state index in [1.54, 1.807) is 0 Å². The topological polar surface area (TPSA) is 52.7 Å². The first kappa shape index (κ1) is 20.9. The number of piperidine rings is 1. The van der Waals surface area contributed by atoms with Gasteiger partial charge in [0.25, 0.3) is 0 Å². The summed E-state index contributed by atoms with van der Waals surface area (Å²) in [5.41, 5.74) is 3.21. The molecule has 2 aromatic carbocycles. The quantitative estimate of drug-likeness (QED) is 0.796. The van der Waals surface area contributed by atoms with Gasteiger partial charge in [0.05, 0.1) is 6.54 Å². The lowest BCUT2D eigenvalue weighted by Crippen LogP contribution is -2.50. The second-order valence-corrected chi connectivity index (χ2v) is 8.55. The van der Waals surface area contributed by atoms with Crippen molar-refractivity contribution in [3.05, 3.63) is 70.2 Å². The van der Waals surface area contributed by atoms with Crippen LogP contribution in [0.15, 0.2) is 48.5 Å². The molecule has 2 aliphatic rings. The number of hydrogen-bond acceptors (Lipinski definition) is 3. The molecule has 2 amide bonds. The van der Waals surface area contributed by atoms with Crippen LogP contribution in [-0.4, -0.2) is 47.8 Å². The van der Waals surface area contributed by atoms with Gasteiger partial charge in [0, 0.05) is 31.2 Å². The van der Waals surface area contributed by atoms with Crippen molar-refractivity contribution in [2.75, 3.05) is 26.2 Å². The highest BCUT2D eigenvalue weighted by Gasteiger charge is 2.36. The minimum atomic E-state index is -0.384. The standard InChI is InChI=1S/C24H28ClN3O2/c25-20-9-6-7-18(15-20)16-26-22(29)17-28-14-11-19-8-2-3-10-21(19)23(28)24(30)27-12-4-1-5-13-27/h2-3,6-10,15,23H,1,4-5,11-14,16-17H2,(H,26,29)/t23-/m0/s1. The van der Waals surface area contributed by atoms with E-state index in [0.29, 0.717) is 18.1 Å². The number of rotatable bonds is 5.